The number of fused-ring (bicyclic) bond motifs is 4. The number of anilines is 1. The fourth-order valence-corrected chi connectivity index (χ4v) is 8.74. The molecule has 2 aromatic carbocycles. The molecule has 0 spiro atoms. The molecule has 0 saturated heterocycles. The van der Waals surface area contributed by atoms with Crippen LogP contribution >= 0.6 is 23.4 Å². The van der Waals surface area contributed by atoms with Crippen LogP contribution in [0, 0.1) is 28.9 Å². The molecule has 2 aromatic rings. The van der Waals surface area contributed by atoms with Gasteiger partial charge in [0.1, 0.15) is 6.04 Å². The van der Waals surface area contributed by atoms with E-state index in [2.05, 4.69) is 36.1 Å². The maximum Gasteiger partial charge on any atom is 0.326 e. The number of allylic oxidation sites excluding steroid dienone is 2. The van der Waals surface area contributed by atoms with Gasteiger partial charge >= 0.3 is 5.97 Å². The Morgan fingerprint density at radius 3 is 2.79 bits per heavy atom. The number of carbonyl (C=O) groups is 1. The summed E-state index contributed by atoms with van der Waals surface area (Å²) in [4.78, 5) is 26.6. The van der Waals surface area contributed by atoms with Gasteiger partial charge in [-0.25, -0.2) is 4.79 Å². The highest BCUT2D eigenvalue weighted by atomic mass is 35.5. The van der Waals surface area contributed by atoms with Crippen LogP contribution in [-0.2, 0) is 4.79 Å². The number of thioether (sulfide) groups is 1. The lowest BCUT2D eigenvalue weighted by atomic mass is 9.71. The minimum Gasteiger partial charge on any atom is -0.480 e. The largest absolute Gasteiger partial charge is 0.480 e. The minimum absolute atomic E-state index is 0.0682. The van der Waals surface area contributed by atoms with E-state index in [0.717, 1.165) is 24.2 Å². The number of halogens is 1. The molecule has 4 aliphatic rings. The van der Waals surface area contributed by atoms with Crippen LogP contribution in [0.25, 0.3) is 0 Å². The lowest BCUT2D eigenvalue weighted by molar-refractivity contribution is -0.387. The first-order valence-electron chi connectivity index (χ1n) is 11.7. The first-order chi connectivity index (χ1) is 16.3. The van der Waals surface area contributed by atoms with Crippen molar-refractivity contribution in [2.45, 2.75) is 53.2 Å². The van der Waals surface area contributed by atoms with E-state index in [1.54, 1.807) is 18.2 Å². The molecule has 2 aliphatic heterocycles. The molecular formula is C26H25ClN2O4S. The van der Waals surface area contributed by atoms with Gasteiger partial charge < -0.3 is 10.0 Å². The third-order valence-corrected chi connectivity index (χ3v) is 10.2. The Bertz CT molecular complexity index is 1230. The van der Waals surface area contributed by atoms with Crippen LogP contribution in [0.2, 0.25) is 0 Å². The zero-order valence-corrected chi connectivity index (χ0v) is 20.2. The van der Waals surface area contributed by atoms with Crippen LogP contribution in [0.3, 0.4) is 0 Å². The van der Waals surface area contributed by atoms with Crippen LogP contribution in [0.1, 0.15) is 41.4 Å². The fourth-order valence-electron chi connectivity index (χ4n) is 6.79. The van der Waals surface area contributed by atoms with Gasteiger partial charge in [-0.05, 0) is 48.8 Å². The number of hydrogen-bond acceptors (Lipinski definition) is 5. The van der Waals surface area contributed by atoms with Gasteiger partial charge in [0.15, 0.2) is 0 Å². The van der Waals surface area contributed by atoms with Crippen molar-refractivity contribution in [1.82, 2.24) is 0 Å². The number of carboxylic acids is 1. The third-order valence-electron chi connectivity index (χ3n) is 8.04. The number of nitro groups is 1. The molecule has 1 saturated carbocycles. The summed E-state index contributed by atoms with van der Waals surface area (Å²) in [5.41, 5.74) is 4.68. The molecule has 8 heteroatoms. The summed E-state index contributed by atoms with van der Waals surface area (Å²) in [6, 6.07) is 10.5. The zero-order chi connectivity index (χ0) is 23.7. The van der Waals surface area contributed by atoms with Gasteiger partial charge in [-0.15, -0.1) is 23.4 Å². The molecule has 176 valence electrons. The van der Waals surface area contributed by atoms with Crippen molar-refractivity contribution in [2.24, 2.45) is 11.8 Å². The van der Waals surface area contributed by atoms with Gasteiger partial charge in [-0.3, -0.25) is 10.1 Å². The lowest BCUT2D eigenvalue weighted by Gasteiger charge is -2.50. The highest BCUT2D eigenvalue weighted by molar-refractivity contribution is 8.00. The predicted octanol–water partition coefficient (Wildman–Crippen LogP) is 5.72. The molecule has 1 N–H and O–H groups in total. The molecule has 34 heavy (non-hydrogen) atoms. The van der Waals surface area contributed by atoms with Gasteiger partial charge in [0.25, 0.3) is 5.69 Å². The monoisotopic (exact) mass is 496 g/mol. The molecule has 0 bridgehead atoms. The van der Waals surface area contributed by atoms with E-state index in [1.165, 1.54) is 29.0 Å². The van der Waals surface area contributed by atoms with Crippen molar-refractivity contribution in [2.75, 3.05) is 11.4 Å². The number of carboxylic acid groups (broad SMARTS) is 1. The Morgan fingerprint density at radius 2 is 2.03 bits per heavy atom. The molecule has 2 aliphatic carbocycles. The highest BCUT2D eigenvalue weighted by Crippen LogP contribution is 2.60. The second-order valence-electron chi connectivity index (χ2n) is 9.93. The van der Waals surface area contributed by atoms with E-state index >= 15 is 0 Å². The summed E-state index contributed by atoms with van der Waals surface area (Å²) in [5.74, 6) is -0.339. The molecule has 2 heterocycles. The van der Waals surface area contributed by atoms with Crippen molar-refractivity contribution >= 4 is 40.7 Å². The Balaban J connectivity index is 1.45. The van der Waals surface area contributed by atoms with Crippen molar-refractivity contribution < 1.29 is 14.8 Å². The Hall–Kier alpha value is -2.51. The number of aliphatic carboxylic acids is 1. The highest BCUT2D eigenvalue weighted by Gasteiger charge is 2.56. The van der Waals surface area contributed by atoms with E-state index in [0.29, 0.717) is 23.2 Å². The molecular weight excluding hydrogens is 472 g/mol. The summed E-state index contributed by atoms with van der Waals surface area (Å²) < 4.78 is 0. The Labute approximate surface area is 207 Å². The molecule has 6 rings (SSSR count). The number of nitro benzene ring substituents is 1. The molecule has 0 radical (unpaired) electrons. The average Bonchev–Trinajstić information content (AvgIpc) is 3.38. The smallest absolute Gasteiger partial charge is 0.326 e. The summed E-state index contributed by atoms with van der Waals surface area (Å²) >= 11 is 8.56. The normalized spacial score (nSPS) is 32.8. The SMILES string of the molecule is Cc1cc2c3c(c1)[C@H]1C=CC[C@@H]1CN3[C@@H](C(=O)O)[C@H]1C[C@H](Sc3ccccc3[N+](=O)[O-])[C@H](Cl)[C@@H]21. The van der Waals surface area contributed by atoms with Gasteiger partial charge in [0.05, 0.1) is 15.2 Å². The van der Waals surface area contributed by atoms with Crippen LogP contribution in [0.4, 0.5) is 11.4 Å². The van der Waals surface area contributed by atoms with E-state index in [4.69, 9.17) is 11.6 Å². The van der Waals surface area contributed by atoms with Gasteiger partial charge in [0, 0.05) is 35.4 Å². The number of alkyl halides is 1. The summed E-state index contributed by atoms with van der Waals surface area (Å²) in [7, 11) is 0. The van der Waals surface area contributed by atoms with Crippen LogP contribution < -0.4 is 4.90 Å². The number of benzene rings is 2. The van der Waals surface area contributed by atoms with Crippen molar-refractivity contribution in [3.05, 3.63) is 75.4 Å². The van der Waals surface area contributed by atoms with E-state index in [9.17, 15) is 20.0 Å². The van der Waals surface area contributed by atoms with Crippen LogP contribution in [0.5, 0.6) is 0 Å². The maximum atomic E-state index is 12.7. The van der Waals surface area contributed by atoms with Crippen LogP contribution in [-0.4, -0.2) is 39.2 Å². The standard InChI is InChI=1S/C26H25ClN2O4S/c1-13-9-16-15-6-4-5-14(15)12-28-24(16)17(10-13)22-18(25(28)26(30)31)11-21(23(22)27)34-20-8-3-2-7-19(20)29(32)33/h2-4,6-10,14-15,18,21-23,25H,5,11-12H2,1H3,(H,30,31)/t14-,15+,18+,21+,22+,23+,25-/m1/s1. The van der Waals surface area contributed by atoms with E-state index < -0.39 is 12.0 Å². The number of para-hydroxylation sites is 1. The summed E-state index contributed by atoms with van der Waals surface area (Å²) in [6.45, 7) is 2.83. The second-order valence-corrected chi connectivity index (χ2v) is 11.7. The lowest BCUT2D eigenvalue weighted by Crippen LogP contribution is -2.55. The minimum atomic E-state index is -0.809. The number of hydrogen-bond donors (Lipinski definition) is 1. The predicted molar refractivity (Wildman–Crippen MR) is 133 cm³/mol. The van der Waals surface area contributed by atoms with Crippen molar-refractivity contribution in [3.63, 3.8) is 0 Å². The zero-order valence-electron chi connectivity index (χ0n) is 18.6. The second kappa shape index (κ2) is 8.02. The quantitative estimate of drug-likeness (QED) is 0.252. The fraction of sp³-hybridized carbons (Fsp3) is 0.423. The first-order valence-corrected chi connectivity index (χ1v) is 13.0. The molecule has 0 aromatic heterocycles. The summed E-state index contributed by atoms with van der Waals surface area (Å²) in [6.07, 6.45) is 6.08. The Kier molecular flexibility index (Phi) is 5.19. The average molecular weight is 497 g/mol. The van der Waals surface area contributed by atoms with E-state index in [-0.39, 0.29) is 33.1 Å². The number of rotatable bonds is 4. The third kappa shape index (κ3) is 3.20. The number of aryl methyl sites for hydroxylation is 1. The molecule has 0 unspecified atom stereocenters. The Morgan fingerprint density at radius 1 is 1.26 bits per heavy atom. The maximum absolute atomic E-state index is 12.7. The molecule has 6 nitrogen and oxygen atoms in total. The molecule has 1 fully saturated rings. The van der Waals surface area contributed by atoms with Crippen molar-refractivity contribution in [3.8, 4) is 0 Å². The van der Waals surface area contributed by atoms with Crippen LogP contribution in [0.15, 0.2) is 53.4 Å². The van der Waals surface area contributed by atoms with E-state index in [1.807, 2.05) is 0 Å². The topological polar surface area (TPSA) is 83.7 Å². The van der Waals surface area contributed by atoms with Gasteiger partial charge in [-0.2, -0.15) is 0 Å². The van der Waals surface area contributed by atoms with Crippen molar-refractivity contribution in [1.29, 1.82) is 0 Å². The van der Waals surface area contributed by atoms with Gasteiger partial charge in [0.2, 0.25) is 0 Å². The number of nitrogens with zero attached hydrogens (tertiary/aromatic N) is 2. The molecule has 0 amide bonds. The molecule has 7 atom stereocenters. The summed E-state index contributed by atoms with van der Waals surface area (Å²) in [5, 5.41) is 21.5. The first kappa shape index (κ1) is 22.0. The van der Waals surface area contributed by atoms with Gasteiger partial charge in [-0.1, -0.05) is 42.0 Å².